The molecule has 4 aliphatic rings. The van der Waals surface area contributed by atoms with E-state index in [-0.39, 0.29) is 40.3 Å². The monoisotopic (exact) mass is 420 g/mol. The Balaban J connectivity index is 1.65. The van der Waals surface area contributed by atoms with Crippen molar-refractivity contribution in [3.8, 4) is 0 Å². The van der Waals surface area contributed by atoms with Gasteiger partial charge in [0.25, 0.3) is 0 Å². The van der Waals surface area contributed by atoms with Crippen LogP contribution in [0.5, 0.6) is 0 Å². The third kappa shape index (κ3) is 2.95. The molecule has 4 heteroatoms. The maximum absolute atomic E-state index is 11.7. The Morgan fingerprint density at radius 1 is 1.00 bits per heavy atom. The van der Waals surface area contributed by atoms with E-state index in [2.05, 4.69) is 34.6 Å². The second-order valence-corrected chi connectivity index (χ2v) is 12.7. The Hall–Kier alpha value is -0.610. The van der Waals surface area contributed by atoms with Gasteiger partial charge >= 0.3 is 5.97 Å². The lowest BCUT2D eigenvalue weighted by atomic mass is 9.35. The van der Waals surface area contributed by atoms with Crippen LogP contribution in [-0.4, -0.2) is 33.5 Å². The molecule has 0 aromatic rings. The highest BCUT2D eigenvalue weighted by molar-refractivity contribution is 5.66. The molecule has 30 heavy (non-hydrogen) atoms. The molecule has 0 amide bonds. The zero-order valence-electron chi connectivity index (χ0n) is 19.8. The molecule has 0 radical (unpaired) electrons. The lowest BCUT2D eigenvalue weighted by Gasteiger charge is -2.70. The maximum atomic E-state index is 11.7. The minimum atomic E-state index is -0.711. The molecule has 0 bridgehead atoms. The minimum absolute atomic E-state index is 0.110. The molecule has 0 aromatic carbocycles. The number of aliphatic carboxylic acids is 1. The average Bonchev–Trinajstić information content (AvgIpc) is 3.04. The molecule has 0 spiro atoms. The number of carboxylic acid groups (broad SMARTS) is 1. The van der Waals surface area contributed by atoms with Gasteiger partial charge in [0.15, 0.2) is 0 Å². The highest BCUT2D eigenvalue weighted by atomic mass is 16.4. The fourth-order valence-corrected chi connectivity index (χ4v) is 9.67. The van der Waals surface area contributed by atoms with Crippen LogP contribution in [0.4, 0.5) is 0 Å². The summed E-state index contributed by atoms with van der Waals surface area (Å²) >= 11 is 0. The standard InChI is InChI=1S/C26H44O4/c1-16(6-9-22(29)30)18-7-8-19-24(3)13-12-23(2)15-17(27)10-11-25(23,4)20(24)14-21(28)26(18,19)5/h16-21,27-28H,6-15H2,1-5H3,(H,29,30)/t16?,17?,18?,19?,20?,21?,23-,24+,25-,26-/m1/s1. The van der Waals surface area contributed by atoms with Crippen LogP contribution in [0.3, 0.4) is 0 Å². The Bertz CT molecular complexity index is 693. The van der Waals surface area contributed by atoms with Crippen LogP contribution in [0.2, 0.25) is 0 Å². The molecule has 6 unspecified atom stereocenters. The van der Waals surface area contributed by atoms with Gasteiger partial charge in [-0.05, 0) is 103 Å². The van der Waals surface area contributed by atoms with Crippen LogP contribution in [-0.2, 0) is 4.79 Å². The summed E-state index contributed by atoms with van der Waals surface area (Å²) in [5, 5.41) is 31.3. The van der Waals surface area contributed by atoms with E-state index in [9.17, 15) is 15.0 Å². The number of rotatable bonds is 4. The number of hydrogen-bond acceptors (Lipinski definition) is 3. The summed E-state index contributed by atoms with van der Waals surface area (Å²) < 4.78 is 0. The summed E-state index contributed by atoms with van der Waals surface area (Å²) in [6, 6.07) is 0. The Morgan fingerprint density at radius 3 is 2.37 bits per heavy atom. The smallest absolute Gasteiger partial charge is 0.303 e. The normalized spacial score (nSPS) is 54.0. The molecule has 4 saturated carbocycles. The molecule has 0 heterocycles. The van der Waals surface area contributed by atoms with E-state index in [1.807, 2.05) is 0 Å². The van der Waals surface area contributed by atoms with Crippen molar-refractivity contribution in [2.75, 3.05) is 0 Å². The quantitative estimate of drug-likeness (QED) is 0.580. The lowest BCUT2D eigenvalue weighted by molar-refractivity contribution is -0.238. The SMILES string of the molecule is CC(CCC(=O)O)C1CCC2[C@]3(C)CC[C@]4(C)CC(O)CC[C@]4(C)C3CC(O)[C@]12C. The van der Waals surface area contributed by atoms with Gasteiger partial charge < -0.3 is 15.3 Å². The van der Waals surface area contributed by atoms with Gasteiger partial charge in [-0.3, -0.25) is 4.79 Å². The molecule has 0 aliphatic heterocycles. The number of carboxylic acids is 1. The van der Waals surface area contributed by atoms with E-state index >= 15 is 0 Å². The number of fused-ring (bicyclic) bond motifs is 5. The van der Waals surface area contributed by atoms with Crippen LogP contribution >= 0.6 is 0 Å². The van der Waals surface area contributed by atoms with E-state index < -0.39 is 5.97 Å². The van der Waals surface area contributed by atoms with Crippen molar-refractivity contribution in [2.24, 2.45) is 45.3 Å². The molecule has 4 aliphatic carbocycles. The van der Waals surface area contributed by atoms with E-state index in [1.165, 1.54) is 12.8 Å². The summed E-state index contributed by atoms with van der Waals surface area (Å²) in [6.07, 6.45) is 8.85. The third-order valence-electron chi connectivity index (χ3n) is 11.6. The molecule has 4 fully saturated rings. The zero-order valence-corrected chi connectivity index (χ0v) is 19.8. The molecular weight excluding hydrogens is 376 g/mol. The van der Waals surface area contributed by atoms with Gasteiger partial charge in [0, 0.05) is 6.42 Å². The second-order valence-electron chi connectivity index (χ2n) is 12.7. The van der Waals surface area contributed by atoms with Crippen LogP contribution in [0, 0.1) is 45.3 Å². The lowest BCUT2D eigenvalue weighted by Crippen LogP contribution is -2.65. The predicted octanol–water partition coefficient (Wildman–Crippen LogP) is 5.26. The first-order chi connectivity index (χ1) is 13.9. The van der Waals surface area contributed by atoms with Crippen molar-refractivity contribution in [3.63, 3.8) is 0 Å². The van der Waals surface area contributed by atoms with Crippen LogP contribution in [0.1, 0.15) is 98.8 Å². The number of aliphatic hydroxyl groups excluding tert-OH is 2. The number of carbonyl (C=O) groups is 1. The summed E-state index contributed by atoms with van der Waals surface area (Å²) in [6.45, 7) is 11.9. The first-order valence-electron chi connectivity index (χ1n) is 12.5. The Labute approximate surface area is 182 Å². The van der Waals surface area contributed by atoms with Crippen molar-refractivity contribution >= 4 is 5.97 Å². The zero-order chi connectivity index (χ0) is 22.1. The van der Waals surface area contributed by atoms with Crippen molar-refractivity contribution in [3.05, 3.63) is 0 Å². The van der Waals surface area contributed by atoms with E-state index in [0.717, 1.165) is 38.5 Å². The van der Waals surface area contributed by atoms with Crippen LogP contribution in [0.15, 0.2) is 0 Å². The van der Waals surface area contributed by atoms with E-state index in [1.54, 1.807) is 0 Å². The minimum Gasteiger partial charge on any atom is -0.481 e. The van der Waals surface area contributed by atoms with Gasteiger partial charge in [0.2, 0.25) is 0 Å². The van der Waals surface area contributed by atoms with E-state index in [0.29, 0.717) is 30.1 Å². The van der Waals surface area contributed by atoms with Gasteiger partial charge in [-0.25, -0.2) is 0 Å². The highest BCUT2D eigenvalue weighted by Gasteiger charge is 2.70. The molecule has 4 nitrogen and oxygen atoms in total. The first kappa shape index (κ1) is 22.6. The highest BCUT2D eigenvalue weighted by Crippen LogP contribution is 2.75. The fraction of sp³-hybridized carbons (Fsp3) is 0.962. The molecule has 0 saturated heterocycles. The number of hydrogen-bond donors (Lipinski definition) is 3. The van der Waals surface area contributed by atoms with Crippen molar-refractivity contribution in [1.82, 2.24) is 0 Å². The van der Waals surface area contributed by atoms with Gasteiger partial charge in [-0.15, -0.1) is 0 Å². The van der Waals surface area contributed by atoms with Gasteiger partial charge in [-0.2, -0.15) is 0 Å². The summed E-state index contributed by atoms with van der Waals surface area (Å²) in [7, 11) is 0. The topological polar surface area (TPSA) is 77.8 Å². The Morgan fingerprint density at radius 2 is 1.70 bits per heavy atom. The largest absolute Gasteiger partial charge is 0.481 e. The molecule has 3 N–H and O–H groups in total. The van der Waals surface area contributed by atoms with Crippen LogP contribution in [0.25, 0.3) is 0 Å². The summed E-state index contributed by atoms with van der Waals surface area (Å²) in [5.41, 5.74) is 0.455. The maximum Gasteiger partial charge on any atom is 0.303 e. The molecule has 172 valence electrons. The molecule has 10 atom stereocenters. The van der Waals surface area contributed by atoms with E-state index in [4.69, 9.17) is 5.11 Å². The Kier molecular flexibility index (Phi) is 5.42. The van der Waals surface area contributed by atoms with Crippen molar-refractivity contribution in [2.45, 2.75) is 111 Å². The third-order valence-corrected chi connectivity index (χ3v) is 11.6. The molecule has 4 rings (SSSR count). The summed E-state index contributed by atoms with van der Waals surface area (Å²) in [5.74, 6) is 1.03. The van der Waals surface area contributed by atoms with Crippen molar-refractivity contribution in [1.29, 1.82) is 0 Å². The number of aliphatic hydroxyl groups is 2. The predicted molar refractivity (Wildman–Crippen MR) is 118 cm³/mol. The van der Waals surface area contributed by atoms with Gasteiger partial charge in [0.05, 0.1) is 12.2 Å². The van der Waals surface area contributed by atoms with Gasteiger partial charge in [0.1, 0.15) is 0 Å². The van der Waals surface area contributed by atoms with Gasteiger partial charge in [-0.1, -0.05) is 34.6 Å². The molecule has 0 aromatic heterocycles. The average molecular weight is 421 g/mol. The van der Waals surface area contributed by atoms with Crippen molar-refractivity contribution < 1.29 is 20.1 Å². The second kappa shape index (κ2) is 7.20. The molecular formula is C26H44O4. The summed E-state index contributed by atoms with van der Waals surface area (Å²) in [4.78, 5) is 11.1. The first-order valence-corrected chi connectivity index (χ1v) is 12.5. The van der Waals surface area contributed by atoms with Crippen LogP contribution < -0.4 is 0 Å². The fourth-order valence-electron chi connectivity index (χ4n) is 9.67.